The van der Waals surface area contributed by atoms with Crippen molar-refractivity contribution in [3.05, 3.63) is 48.2 Å². The number of sulfonamides is 1. The van der Waals surface area contributed by atoms with Crippen molar-refractivity contribution in [2.45, 2.75) is 20.3 Å². The highest BCUT2D eigenvalue weighted by molar-refractivity contribution is 7.92. The van der Waals surface area contributed by atoms with E-state index in [0.29, 0.717) is 29.1 Å². The number of imidazole rings is 1. The van der Waals surface area contributed by atoms with Crippen molar-refractivity contribution >= 4 is 38.3 Å². The van der Waals surface area contributed by atoms with Gasteiger partial charge in [0.15, 0.2) is 5.65 Å². The average molecular weight is 498 g/mol. The largest absolute Gasteiger partial charge is 0.338 e. The zero-order valence-corrected chi connectivity index (χ0v) is 20.8. The van der Waals surface area contributed by atoms with Crippen LogP contribution in [0, 0.1) is 12.7 Å². The molecule has 35 heavy (non-hydrogen) atoms. The Kier molecular flexibility index (Phi) is 6.06. The Morgan fingerprint density at radius 2 is 1.86 bits per heavy atom. The summed E-state index contributed by atoms with van der Waals surface area (Å²) in [7, 11) is -1.49. The molecular formula is C24H28FN7O2S. The third-order valence-electron chi connectivity index (χ3n) is 6.18. The summed E-state index contributed by atoms with van der Waals surface area (Å²) >= 11 is 0. The number of aryl methyl sites for hydroxylation is 1. The molecular weight excluding hydrogens is 469 g/mol. The van der Waals surface area contributed by atoms with Gasteiger partial charge in [0.1, 0.15) is 11.5 Å². The van der Waals surface area contributed by atoms with Crippen LogP contribution in [0.25, 0.3) is 27.8 Å². The van der Waals surface area contributed by atoms with E-state index in [-0.39, 0.29) is 11.4 Å². The molecule has 11 heteroatoms. The summed E-state index contributed by atoms with van der Waals surface area (Å²) in [4.78, 5) is 18.6. The first-order valence-corrected chi connectivity index (χ1v) is 13.3. The Labute approximate surface area is 203 Å². The lowest BCUT2D eigenvalue weighted by atomic mass is 10.1. The molecule has 4 aromatic rings. The Hall–Kier alpha value is -3.31. The molecule has 1 N–H and O–H groups in total. The van der Waals surface area contributed by atoms with Gasteiger partial charge in [-0.2, -0.15) is 4.98 Å². The van der Waals surface area contributed by atoms with Gasteiger partial charge in [0.25, 0.3) is 0 Å². The number of piperazine rings is 1. The van der Waals surface area contributed by atoms with Crippen molar-refractivity contribution < 1.29 is 12.8 Å². The van der Waals surface area contributed by atoms with Crippen LogP contribution in [0.2, 0.25) is 0 Å². The molecule has 3 aromatic heterocycles. The fourth-order valence-corrected chi connectivity index (χ4v) is 5.50. The Morgan fingerprint density at radius 3 is 2.57 bits per heavy atom. The lowest BCUT2D eigenvalue weighted by Crippen LogP contribution is -2.45. The second kappa shape index (κ2) is 9.04. The minimum atomic E-state index is -3.59. The molecule has 1 aliphatic rings. The fraction of sp³-hybridized carbons (Fsp3) is 0.375. The Balaban J connectivity index is 1.57. The summed E-state index contributed by atoms with van der Waals surface area (Å²) < 4.78 is 43.3. The van der Waals surface area contributed by atoms with Crippen LogP contribution >= 0.6 is 0 Å². The number of anilines is 2. The lowest BCUT2D eigenvalue weighted by Gasteiger charge is -2.32. The molecule has 4 heterocycles. The van der Waals surface area contributed by atoms with E-state index in [1.54, 1.807) is 19.2 Å². The summed E-state index contributed by atoms with van der Waals surface area (Å²) in [5.41, 5.74) is 3.42. The van der Waals surface area contributed by atoms with Crippen LogP contribution in [-0.2, 0) is 10.0 Å². The van der Waals surface area contributed by atoms with Crippen LogP contribution in [0.3, 0.4) is 0 Å². The third-order valence-corrected chi connectivity index (χ3v) is 7.66. The number of hydrogen-bond donors (Lipinski definition) is 1. The molecule has 0 saturated carbocycles. The molecule has 184 valence electrons. The summed E-state index contributed by atoms with van der Waals surface area (Å²) in [5, 5.41) is 0.802. The van der Waals surface area contributed by atoms with Gasteiger partial charge in [-0.3, -0.25) is 9.12 Å². The molecule has 1 aromatic carbocycles. The quantitative estimate of drug-likeness (QED) is 0.437. The topological polar surface area (TPSA) is 95.7 Å². The van der Waals surface area contributed by atoms with E-state index >= 15 is 0 Å². The predicted molar refractivity (Wildman–Crippen MR) is 136 cm³/mol. The molecule has 0 aliphatic carbocycles. The summed E-state index contributed by atoms with van der Waals surface area (Å²) in [6.07, 6.45) is 4.14. The zero-order chi connectivity index (χ0) is 24.7. The van der Waals surface area contributed by atoms with Gasteiger partial charge >= 0.3 is 0 Å². The Morgan fingerprint density at radius 1 is 1.09 bits per heavy atom. The molecule has 0 radical (unpaired) electrons. The van der Waals surface area contributed by atoms with Crippen LogP contribution in [0.15, 0.2) is 36.7 Å². The maximum atomic E-state index is 14.9. The third kappa shape index (κ3) is 4.65. The van der Waals surface area contributed by atoms with Gasteiger partial charge in [0.2, 0.25) is 16.0 Å². The maximum Gasteiger partial charge on any atom is 0.232 e. The van der Waals surface area contributed by atoms with Crippen molar-refractivity contribution in [3.8, 4) is 11.1 Å². The Bertz CT molecular complexity index is 1510. The van der Waals surface area contributed by atoms with Crippen molar-refractivity contribution in [2.75, 3.05) is 48.6 Å². The monoisotopic (exact) mass is 497 g/mol. The van der Waals surface area contributed by atoms with Crippen LogP contribution in [-0.4, -0.2) is 71.6 Å². The van der Waals surface area contributed by atoms with Crippen LogP contribution in [0.5, 0.6) is 0 Å². The molecule has 0 bridgehead atoms. The van der Waals surface area contributed by atoms with Crippen molar-refractivity contribution in [2.24, 2.45) is 0 Å². The summed E-state index contributed by atoms with van der Waals surface area (Å²) in [6, 6.07) is 6.37. The molecule has 9 nitrogen and oxygen atoms in total. The number of hydrogen-bond acceptors (Lipinski definition) is 7. The molecule has 1 saturated heterocycles. The van der Waals surface area contributed by atoms with E-state index in [0.717, 1.165) is 42.9 Å². The molecule has 1 aliphatic heterocycles. The minimum absolute atomic E-state index is 0.0665. The van der Waals surface area contributed by atoms with E-state index in [4.69, 9.17) is 4.98 Å². The van der Waals surface area contributed by atoms with Gasteiger partial charge in [-0.1, -0.05) is 13.0 Å². The van der Waals surface area contributed by atoms with Gasteiger partial charge in [-0.15, -0.1) is 0 Å². The number of halogens is 1. The van der Waals surface area contributed by atoms with E-state index in [9.17, 15) is 12.8 Å². The molecule has 0 atom stereocenters. The van der Waals surface area contributed by atoms with Crippen molar-refractivity contribution in [1.82, 2.24) is 24.3 Å². The van der Waals surface area contributed by atoms with Crippen LogP contribution in [0.1, 0.15) is 19.0 Å². The number of pyridine rings is 1. The molecule has 0 amide bonds. The highest BCUT2D eigenvalue weighted by Gasteiger charge is 2.20. The van der Waals surface area contributed by atoms with E-state index in [1.807, 2.05) is 23.6 Å². The number of aromatic nitrogens is 4. The van der Waals surface area contributed by atoms with Gasteiger partial charge in [0.05, 0.1) is 17.1 Å². The minimum Gasteiger partial charge on any atom is -0.338 e. The molecule has 1 fully saturated rings. The predicted octanol–water partition coefficient (Wildman–Crippen LogP) is 3.30. The highest BCUT2D eigenvalue weighted by Crippen LogP contribution is 2.31. The number of rotatable bonds is 6. The molecule has 0 unspecified atom stereocenters. The molecule has 5 rings (SSSR count). The zero-order valence-electron chi connectivity index (χ0n) is 20.0. The van der Waals surface area contributed by atoms with Gasteiger partial charge < -0.3 is 9.80 Å². The van der Waals surface area contributed by atoms with Crippen LogP contribution in [0.4, 0.5) is 16.0 Å². The number of nitrogens with one attached hydrogen (secondary N) is 1. The van der Waals surface area contributed by atoms with E-state index < -0.39 is 15.8 Å². The average Bonchev–Trinajstić information content (AvgIpc) is 3.21. The van der Waals surface area contributed by atoms with Crippen molar-refractivity contribution in [3.63, 3.8) is 0 Å². The smallest absolute Gasteiger partial charge is 0.232 e. The van der Waals surface area contributed by atoms with Gasteiger partial charge in [-0.05, 0) is 44.2 Å². The second-order valence-corrected chi connectivity index (χ2v) is 10.8. The standard InChI is InChI=1S/C24H28FN7O2S/c1-4-11-35(33,34)29-21-6-5-17(13-20(21)25)19-12-18-14-26-24(31-9-7-30(3)8-10-31)28-22(18)32-15-16(2)27-23(19)32/h5-6,12-15,29H,4,7-11H2,1-3H3. The highest BCUT2D eigenvalue weighted by atomic mass is 32.2. The summed E-state index contributed by atoms with van der Waals surface area (Å²) in [5.74, 6) is -0.0331. The maximum absolute atomic E-state index is 14.9. The normalized spacial score (nSPS) is 15.3. The first-order valence-electron chi connectivity index (χ1n) is 11.6. The lowest BCUT2D eigenvalue weighted by molar-refractivity contribution is 0.311. The number of benzene rings is 1. The first kappa shape index (κ1) is 23.4. The van der Waals surface area contributed by atoms with E-state index in [2.05, 4.69) is 31.5 Å². The molecule has 0 spiro atoms. The number of likely N-dealkylation sites (N-methyl/N-ethyl adjacent to an activating group) is 1. The van der Waals surface area contributed by atoms with Crippen molar-refractivity contribution in [1.29, 1.82) is 0 Å². The summed E-state index contributed by atoms with van der Waals surface area (Å²) in [6.45, 7) is 7.29. The van der Waals surface area contributed by atoms with Gasteiger partial charge in [0, 0.05) is 49.5 Å². The van der Waals surface area contributed by atoms with Crippen LogP contribution < -0.4 is 9.62 Å². The SMILES string of the molecule is CCCS(=O)(=O)Nc1ccc(-c2cc3cnc(N4CCN(C)CC4)nc3n3cc(C)nc23)cc1F. The first-order chi connectivity index (χ1) is 16.7. The second-order valence-electron chi connectivity index (χ2n) is 8.99. The fourth-order valence-electron chi connectivity index (χ4n) is 4.36. The number of fused-ring (bicyclic) bond motifs is 3. The number of nitrogens with zero attached hydrogens (tertiary/aromatic N) is 6. The van der Waals surface area contributed by atoms with E-state index in [1.165, 1.54) is 12.1 Å². The van der Waals surface area contributed by atoms with Gasteiger partial charge in [-0.25, -0.2) is 22.8 Å².